The number of Topliss-reactive ketones (excluding diaryl/α,β-unsaturated/α-hetero) is 1. The van der Waals surface area contributed by atoms with E-state index in [1.807, 2.05) is 18.2 Å². The van der Waals surface area contributed by atoms with Crippen LogP contribution in [0.5, 0.6) is 11.5 Å². The largest absolute Gasteiger partial charge is 0.493 e. The van der Waals surface area contributed by atoms with Gasteiger partial charge in [-0.2, -0.15) is 0 Å². The maximum absolute atomic E-state index is 13.4. The number of esters is 2. The van der Waals surface area contributed by atoms with Gasteiger partial charge in [-0.05, 0) is 24.6 Å². The molecule has 0 bridgehead atoms. The highest BCUT2D eigenvalue weighted by Crippen LogP contribution is 2.47. The average Bonchev–Trinajstić information content (AvgIpc) is 3.12. The summed E-state index contributed by atoms with van der Waals surface area (Å²) in [6.07, 6.45) is 0. The Morgan fingerprint density at radius 2 is 1.67 bits per heavy atom. The molecule has 8 heteroatoms. The van der Waals surface area contributed by atoms with Gasteiger partial charge in [0, 0.05) is 22.7 Å². The molecule has 1 heterocycles. The van der Waals surface area contributed by atoms with Crippen molar-refractivity contribution < 1.29 is 33.3 Å². The second-order valence-electron chi connectivity index (χ2n) is 7.63. The molecule has 0 unspecified atom stereocenters. The lowest BCUT2D eigenvalue weighted by atomic mass is 9.75. The Hall–Kier alpha value is -3.94. The zero-order valence-electron chi connectivity index (χ0n) is 18.7. The third-order valence-electron chi connectivity index (χ3n) is 5.89. The van der Waals surface area contributed by atoms with Crippen molar-refractivity contribution in [1.82, 2.24) is 0 Å². The summed E-state index contributed by atoms with van der Waals surface area (Å²) in [4.78, 5) is 42.3. The minimum absolute atomic E-state index is 0.103. The number of ether oxygens (including phenoxy) is 4. The monoisotopic (exact) mass is 449 g/mol. The number of methoxy groups -OCH3 is 3. The lowest BCUT2D eigenvalue weighted by molar-refractivity contribution is -0.143. The molecule has 0 amide bonds. The van der Waals surface area contributed by atoms with Crippen LogP contribution in [-0.4, -0.2) is 51.4 Å². The number of allylic oxidation sites excluding steroid dienone is 1. The van der Waals surface area contributed by atoms with Crippen LogP contribution in [0.1, 0.15) is 34.3 Å². The summed E-state index contributed by atoms with van der Waals surface area (Å²) in [5.74, 6) is -1.81. The van der Waals surface area contributed by atoms with Crippen molar-refractivity contribution in [1.29, 1.82) is 0 Å². The maximum Gasteiger partial charge on any atom is 0.343 e. The van der Waals surface area contributed by atoms with Crippen LogP contribution in [-0.2, 0) is 19.1 Å². The second kappa shape index (κ2) is 8.90. The summed E-state index contributed by atoms with van der Waals surface area (Å²) in [6, 6.07) is 12.4. The number of carbonyl (C=O) groups excluding carboxylic acids is 3. The second-order valence-corrected chi connectivity index (χ2v) is 7.63. The van der Waals surface area contributed by atoms with Gasteiger partial charge in [0.1, 0.15) is 0 Å². The molecule has 1 aliphatic carbocycles. The van der Waals surface area contributed by atoms with Crippen molar-refractivity contribution in [2.24, 2.45) is 10.9 Å². The number of hydrogen-bond donors (Lipinski definition) is 0. The third-order valence-corrected chi connectivity index (χ3v) is 5.89. The summed E-state index contributed by atoms with van der Waals surface area (Å²) in [5.41, 5.74) is 3.46. The van der Waals surface area contributed by atoms with Crippen LogP contribution < -0.4 is 9.47 Å². The normalized spacial score (nSPS) is 18.8. The van der Waals surface area contributed by atoms with E-state index in [0.29, 0.717) is 39.6 Å². The van der Waals surface area contributed by atoms with Crippen LogP contribution in [0.3, 0.4) is 0 Å². The standard InChI is InChI=1S/C25H23NO7/c1-13-20(25(29)32-4)21(22-23(26-13)15-7-5-6-8-16(15)24(22)28)14-9-10-17(18(11-14)30-2)33-12-19(27)31-3/h5-11,21-22H,12H2,1-4H3/t21-,22+/m1/s1. The van der Waals surface area contributed by atoms with Crippen LogP contribution in [0.2, 0.25) is 0 Å². The summed E-state index contributed by atoms with van der Waals surface area (Å²) < 4.78 is 20.6. The van der Waals surface area contributed by atoms with Gasteiger partial charge >= 0.3 is 11.9 Å². The third kappa shape index (κ3) is 3.77. The lowest BCUT2D eigenvalue weighted by Crippen LogP contribution is -2.32. The molecular weight excluding hydrogens is 426 g/mol. The molecular formula is C25H23NO7. The minimum atomic E-state index is -0.674. The van der Waals surface area contributed by atoms with E-state index in [9.17, 15) is 14.4 Å². The van der Waals surface area contributed by atoms with Gasteiger partial charge in [-0.1, -0.05) is 30.3 Å². The number of hydrogen-bond acceptors (Lipinski definition) is 8. The van der Waals surface area contributed by atoms with Crippen molar-refractivity contribution in [2.45, 2.75) is 12.8 Å². The van der Waals surface area contributed by atoms with Crippen molar-refractivity contribution in [2.75, 3.05) is 27.9 Å². The fourth-order valence-corrected chi connectivity index (χ4v) is 4.39. The highest BCUT2D eigenvalue weighted by molar-refractivity contribution is 6.30. The molecule has 0 fully saturated rings. The summed E-state index contributed by atoms with van der Waals surface area (Å²) in [6.45, 7) is 1.45. The molecule has 2 aliphatic rings. The smallest absolute Gasteiger partial charge is 0.343 e. The Kier molecular flexibility index (Phi) is 6.00. The average molecular weight is 449 g/mol. The van der Waals surface area contributed by atoms with E-state index < -0.39 is 23.8 Å². The van der Waals surface area contributed by atoms with Gasteiger partial charge in [-0.3, -0.25) is 9.79 Å². The van der Waals surface area contributed by atoms with E-state index in [4.69, 9.17) is 14.2 Å². The molecule has 0 aromatic heterocycles. The Labute approximate surface area is 190 Å². The summed E-state index contributed by atoms with van der Waals surface area (Å²) >= 11 is 0. The minimum Gasteiger partial charge on any atom is -0.493 e. The highest BCUT2D eigenvalue weighted by Gasteiger charge is 2.48. The first kappa shape index (κ1) is 22.3. The molecule has 1 aliphatic heterocycles. The molecule has 170 valence electrons. The molecule has 0 spiro atoms. The molecule has 0 radical (unpaired) electrons. The SMILES string of the molecule is COC(=O)COc1ccc([C@@H]2C(C(=O)OC)=C(C)N=C3c4ccccc4C(=O)[C@H]32)cc1OC. The predicted octanol–water partition coefficient (Wildman–Crippen LogP) is 3.09. The highest BCUT2D eigenvalue weighted by atomic mass is 16.6. The van der Waals surface area contributed by atoms with Gasteiger partial charge in [-0.25, -0.2) is 9.59 Å². The molecule has 33 heavy (non-hydrogen) atoms. The van der Waals surface area contributed by atoms with Crippen molar-refractivity contribution >= 4 is 23.4 Å². The van der Waals surface area contributed by atoms with E-state index in [1.165, 1.54) is 21.3 Å². The number of aliphatic imine (C=N–C) groups is 1. The van der Waals surface area contributed by atoms with Crippen LogP contribution in [0.4, 0.5) is 0 Å². The van der Waals surface area contributed by atoms with Crippen LogP contribution >= 0.6 is 0 Å². The van der Waals surface area contributed by atoms with Gasteiger partial charge in [0.2, 0.25) is 0 Å². The number of rotatable bonds is 6. The molecule has 0 saturated carbocycles. The zero-order chi connectivity index (χ0) is 23.7. The zero-order valence-corrected chi connectivity index (χ0v) is 18.7. The number of carbonyl (C=O) groups is 3. The summed E-state index contributed by atoms with van der Waals surface area (Å²) in [5, 5.41) is 0. The van der Waals surface area contributed by atoms with Crippen LogP contribution in [0.15, 0.2) is 58.7 Å². The Morgan fingerprint density at radius 1 is 0.939 bits per heavy atom. The van der Waals surface area contributed by atoms with Crippen molar-refractivity contribution in [3.63, 3.8) is 0 Å². The molecule has 8 nitrogen and oxygen atoms in total. The molecule has 0 N–H and O–H groups in total. The Balaban J connectivity index is 1.83. The lowest BCUT2D eigenvalue weighted by Gasteiger charge is -2.30. The maximum atomic E-state index is 13.4. The van der Waals surface area contributed by atoms with E-state index in [-0.39, 0.29) is 12.4 Å². The quantitative estimate of drug-likeness (QED) is 0.625. The fourth-order valence-electron chi connectivity index (χ4n) is 4.39. The number of benzene rings is 2. The first-order valence-corrected chi connectivity index (χ1v) is 10.3. The first-order chi connectivity index (χ1) is 15.9. The predicted molar refractivity (Wildman–Crippen MR) is 119 cm³/mol. The molecule has 2 aromatic carbocycles. The van der Waals surface area contributed by atoms with Crippen LogP contribution in [0, 0.1) is 5.92 Å². The van der Waals surface area contributed by atoms with E-state index >= 15 is 0 Å². The van der Waals surface area contributed by atoms with Gasteiger partial charge in [0.05, 0.1) is 38.5 Å². The molecule has 2 aromatic rings. The van der Waals surface area contributed by atoms with Gasteiger partial charge in [0.25, 0.3) is 0 Å². The number of ketones is 1. The topological polar surface area (TPSA) is 100 Å². The van der Waals surface area contributed by atoms with E-state index in [0.717, 1.165) is 5.56 Å². The number of fused-ring (bicyclic) bond motifs is 3. The van der Waals surface area contributed by atoms with Gasteiger partial charge in [0.15, 0.2) is 23.9 Å². The first-order valence-electron chi connectivity index (χ1n) is 10.3. The van der Waals surface area contributed by atoms with Gasteiger partial charge in [-0.15, -0.1) is 0 Å². The van der Waals surface area contributed by atoms with E-state index in [1.54, 1.807) is 31.2 Å². The Morgan fingerprint density at radius 3 is 2.33 bits per heavy atom. The molecule has 2 atom stereocenters. The van der Waals surface area contributed by atoms with E-state index in [2.05, 4.69) is 9.73 Å². The van der Waals surface area contributed by atoms with Crippen molar-refractivity contribution in [3.8, 4) is 11.5 Å². The summed E-state index contributed by atoms with van der Waals surface area (Å²) in [7, 11) is 4.04. The fraction of sp³-hybridized carbons (Fsp3) is 0.280. The van der Waals surface area contributed by atoms with Gasteiger partial charge < -0.3 is 18.9 Å². The molecule has 4 rings (SSSR count). The van der Waals surface area contributed by atoms with Crippen molar-refractivity contribution in [3.05, 3.63) is 70.4 Å². The molecule has 0 saturated heterocycles. The number of nitrogens with zero attached hydrogens (tertiary/aromatic N) is 1. The van der Waals surface area contributed by atoms with Crippen LogP contribution in [0.25, 0.3) is 0 Å². The Bertz CT molecular complexity index is 1210.